The minimum atomic E-state index is 0.488. The molecule has 3 heterocycles. The van der Waals surface area contributed by atoms with Crippen molar-refractivity contribution >= 4 is 23.1 Å². The van der Waals surface area contributed by atoms with Crippen molar-refractivity contribution in [2.45, 2.75) is 45.3 Å². The highest BCUT2D eigenvalue weighted by atomic mass is 35.5. The van der Waals surface area contributed by atoms with Crippen LogP contribution >= 0.6 is 11.6 Å². The van der Waals surface area contributed by atoms with Crippen LogP contribution in [0.4, 0.5) is 5.82 Å². The molecular weight excluding hydrogens is 418 g/mol. The number of nitrogens with zero attached hydrogens (tertiary/aromatic N) is 4. The topological polar surface area (TPSA) is 34.6 Å². The van der Waals surface area contributed by atoms with Crippen LogP contribution in [0.5, 0.6) is 0 Å². The lowest BCUT2D eigenvalue weighted by atomic mass is 9.99. The van der Waals surface area contributed by atoms with Crippen molar-refractivity contribution in [3.8, 4) is 0 Å². The third-order valence-corrected chi connectivity index (χ3v) is 7.28. The first-order valence-corrected chi connectivity index (χ1v) is 12.1. The van der Waals surface area contributed by atoms with Gasteiger partial charge in [0.25, 0.3) is 0 Å². The lowest BCUT2D eigenvalue weighted by Gasteiger charge is -2.47. The van der Waals surface area contributed by atoms with Crippen LogP contribution in [0.15, 0.2) is 43.1 Å². The van der Waals surface area contributed by atoms with Crippen molar-refractivity contribution in [3.63, 3.8) is 0 Å². The van der Waals surface area contributed by atoms with E-state index in [1.165, 1.54) is 37.1 Å². The largest absolute Gasteiger partial charge is 0.388 e. The quantitative estimate of drug-likeness (QED) is 0.700. The molecule has 1 atom stereocenters. The van der Waals surface area contributed by atoms with Gasteiger partial charge in [0.05, 0.1) is 5.02 Å². The van der Waals surface area contributed by atoms with Gasteiger partial charge in [0.15, 0.2) is 0 Å². The number of likely N-dealkylation sites (tertiary alicyclic amines) is 1. The van der Waals surface area contributed by atoms with Gasteiger partial charge in [-0.25, -0.2) is 4.98 Å². The van der Waals surface area contributed by atoms with Gasteiger partial charge in [0.2, 0.25) is 0 Å². The lowest BCUT2D eigenvalue weighted by Crippen LogP contribution is -2.57. The second-order valence-corrected chi connectivity index (χ2v) is 9.69. The Morgan fingerprint density at radius 1 is 1.16 bits per heavy atom. The zero-order chi connectivity index (χ0) is 22.7. The number of benzene rings is 1. The van der Waals surface area contributed by atoms with E-state index in [4.69, 9.17) is 11.6 Å². The summed E-state index contributed by atoms with van der Waals surface area (Å²) < 4.78 is 0. The lowest BCUT2D eigenvalue weighted by molar-refractivity contribution is 0.0690. The summed E-state index contributed by atoms with van der Waals surface area (Å²) in [6.45, 7) is 14.9. The van der Waals surface area contributed by atoms with Crippen LogP contribution in [0, 0.1) is 6.92 Å². The van der Waals surface area contributed by atoms with Crippen LogP contribution < -0.4 is 10.2 Å². The molecule has 5 nitrogen and oxygen atoms in total. The average Bonchev–Trinajstić information content (AvgIpc) is 2.80. The van der Waals surface area contributed by atoms with Gasteiger partial charge in [-0.3, -0.25) is 9.80 Å². The molecule has 1 N–H and O–H groups in total. The van der Waals surface area contributed by atoms with Gasteiger partial charge in [0.1, 0.15) is 5.82 Å². The summed E-state index contributed by atoms with van der Waals surface area (Å²) in [5.41, 5.74) is 4.52. The van der Waals surface area contributed by atoms with Gasteiger partial charge in [-0.2, -0.15) is 0 Å². The molecule has 0 saturated carbocycles. The van der Waals surface area contributed by atoms with E-state index in [2.05, 4.69) is 69.7 Å². The molecule has 4 rings (SSSR count). The van der Waals surface area contributed by atoms with Crippen molar-refractivity contribution < 1.29 is 0 Å². The van der Waals surface area contributed by atoms with Gasteiger partial charge in [-0.15, -0.1) is 0 Å². The molecule has 2 aliphatic heterocycles. The van der Waals surface area contributed by atoms with Crippen LogP contribution in [0.25, 0.3) is 5.70 Å². The van der Waals surface area contributed by atoms with Crippen molar-refractivity contribution in [2.24, 2.45) is 0 Å². The zero-order valence-corrected chi connectivity index (χ0v) is 20.4. The number of rotatable bonds is 6. The number of pyridine rings is 1. The van der Waals surface area contributed by atoms with Gasteiger partial charge in [0, 0.05) is 62.8 Å². The maximum Gasteiger partial charge on any atom is 0.147 e. The van der Waals surface area contributed by atoms with Gasteiger partial charge >= 0.3 is 0 Å². The van der Waals surface area contributed by atoms with Crippen molar-refractivity contribution in [1.82, 2.24) is 20.1 Å². The van der Waals surface area contributed by atoms with E-state index < -0.39 is 0 Å². The molecule has 2 saturated heterocycles. The molecule has 0 bridgehead atoms. The van der Waals surface area contributed by atoms with Crippen LogP contribution in [0.2, 0.25) is 5.02 Å². The van der Waals surface area contributed by atoms with Crippen molar-refractivity contribution in [3.05, 3.63) is 64.8 Å². The van der Waals surface area contributed by atoms with Crippen LogP contribution in [-0.2, 0) is 6.54 Å². The SMILES string of the molecule is C=C(NC)c1cnc(N2CCN(C3CCN(Cc4ccc(C)cc4)CC3)C(C)C2)c(Cl)c1. The molecular formula is C26H36ClN5. The fourth-order valence-electron chi connectivity index (χ4n) is 5.04. The summed E-state index contributed by atoms with van der Waals surface area (Å²) in [5.74, 6) is 0.888. The molecule has 1 unspecified atom stereocenters. The summed E-state index contributed by atoms with van der Waals surface area (Å²) in [7, 11) is 1.86. The second kappa shape index (κ2) is 10.2. The molecule has 0 spiro atoms. The second-order valence-electron chi connectivity index (χ2n) is 9.28. The highest BCUT2D eigenvalue weighted by Gasteiger charge is 2.32. The number of hydrogen-bond donors (Lipinski definition) is 1. The van der Waals surface area contributed by atoms with Crippen molar-refractivity contribution in [2.75, 3.05) is 44.7 Å². The van der Waals surface area contributed by atoms with Crippen molar-refractivity contribution in [1.29, 1.82) is 0 Å². The first-order valence-electron chi connectivity index (χ1n) is 11.8. The number of aromatic nitrogens is 1. The van der Waals surface area contributed by atoms with E-state index in [0.717, 1.165) is 43.3 Å². The third kappa shape index (κ3) is 5.28. The van der Waals surface area contributed by atoms with E-state index in [9.17, 15) is 0 Å². The Labute approximate surface area is 198 Å². The Morgan fingerprint density at radius 3 is 2.50 bits per heavy atom. The fourth-order valence-corrected chi connectivity index (χ4v) is 5.33. The number of piperidine rings is 1. The highest BCUT2D eigenvalue weighted by molar-refractivity contribution is 6.33. The smallest absolute Gasteiger partial charge is 0.147 e. The molecule has 0 aliphatic carbocycles. The predicted molar refractivity (Wildman–Crippen MR) is 135 cm³/mol. The summed E-state index contributed by atoms with van der Waals surface area (Å²) in [6, 6.07) is 12.1. The van der Waals surface area contributed by atoms with Crippen LogP contribution in [0.3, 0.4) is 0 Å². The minimum Gasteiger partial charge on any atom is -0.388 e. The Kier molecular flexibility index (Phi) is 7.39. The first-order chi connectivity index (χ1) is 15.4. The fraction of sp³-hybridized carbons (Fsp3) is 0.500. The first kappa shape index (κ1) is 23.1. The molecule has 1 aromatic carbocycles. The summed E-state index contributed by atoms with van der Waals surface area (Å²) in [4.78, 5) is 12.3. The van der Waals surface area contributed by atoms with E-state index in [1.807, 2.05) is 19.3 Å². The monoisotopic (exact) mass is 453 g/mol. The number of anilines is 1. The van der Waals surface area contributed by atoms with Gasteiger partial charge in [-0.05, 0) is 51.4 Å². The Hall–Kier alpha value is -2.08. The highest BCUT2D eigenvalue weighted by Crippen LogP contribution is 2.29. The van der Waals surface area contributed by atoms with E-state index >= 15 is 0 Å². The number of halogens is 1. The Morgan fingerprint density at radius 2 is 1.88 bits per heavy atom. The Bertz CT molecular complexity index is 920. The molecule has 2 fully saturated rings. The molecule has 2 aromatic rings. The summed E-state index contributed by atoms with van der Waals surface area (Å²) in [5, 5.41) is 3.76. The molecule has 0 radical (unpaired) electrons. The number of nitrogens with one attached hydrogen (secondary N) is 1. The average molecular weight is 454 g/mol. The molecule has 32 heavy (non-hydrogen) atoms. The molecule has 2 aliphatic rings. The normalized spacial score (nSPS) is 21.0. The minimum absolute atomic E-state index is 0.488. The number of piperazine rings is 1. The third-order valence-electron chi connectivity index (χ3n) is 7.00. The maximum absolute atomic E-state index is 6.60. The standard InChI is InChI=1S/C26H36ClN5/c1-19-5-7-22(8-6-19)18-30-11-9-24(10-12-30)32-14-13-31(17-20(32)2)26-25(27)15-23(16-29-26)21(3)28-4/h5-8,15-16,20,24,28H,3,9-14,17-18H2,1-2,4H3. The molecule has 6 heteroatoms. The summed E-state index contributed by atoms with van der Waals surface area (Å²) >= 11 is 6.60. The van der Waals surface area contributed by atoms with E-state index in [1.54, 1.807) is 0 Å². The summed E-state index contributed by atoms with van der Waals surface area (Å²) in [6.07, 6.45) is 4.35. The Balaban J connectivity index is 1.30. The van der Waals surface area contributed by atoms with Gasteiger partial charge in [-0.1, -0.05) is 48.0 Å². The maximum atomic E-state index is 6.60. The molecule has 172 valence electrons. The molecule has 0 amide bonds. The predicted octanol–water partition coefficient (Wildman–Crippen LogP) is 4.41. The van der Waals surface area contributed by atoms with Crippen LogP contribution in [-0.4, -0.2) is 66.6 Å². The molecule has 1 aromatic heterocycles. The number of hydrogen-bond acceptors (Lipinski definition) is 5. The van der Waals surface area contributed by atoms with E-state index in [0.29, 0.717) is 17.1 Å². The van der Waals surface area contributed by atoms with Crippen LogP contribution in [0.1, 0.15) is 36.5 Å². The van der Waals surface area contributed by atoms with E-state index in [-0.39, 0.29) is 0 Å². The number of aryl methyl sites for hydroxylation is 1. The zero-order valence-electron chi connectivity index (χ0n) is 19.6. The van der Waals surface area contributed by atoms with Gasteiger partial charge < -0.3 is 10.2 Å².